The zero-order valence-electron chi connectivity index (χ0n) is 16.0. The largest absolute Gasteiger partial charge is 0.493 e. The maximum absolute atomic E-state index is 12.4. The lowest BCUT2D eigenvalue weighted by atomic mass is 9.90. The number of hydrogen-bond donors (Lipinski definition) is 0. The predicted octanol–water partition coefficient (Wildman–Crippen LogP) is 4.67. The average Bonchev–Trinajstić information content (AvgIpc) is 2.72. The highest BCUT2D eigenvalue weighted by molar-refractivity contribution is 6.32. The molecular weight excluding hydrogens is 380 g/mol. The number of ketones is 1. The smallest absolute Gasteiger partial charge is 0.338 e. The molecule has 2 aromatic carbocycles. The number of carbonyl (C=O) groups is 2. The van der Waals surface area contributed by atoms with Crippen molar-refractivity contribution in [2.45, 2.75) is 32.6 Å². The summed E-state index contributed by atoms with van der Waals surface area (Å²) in [4.78, 5) is 24.8. The Kier molecular flexibility index (Phi) is 6.57. The minimum Gasteiger partial charge on any atom is -0.493 e. The molecule has 0 aliphatic heterocycles. The lowest BCUT2D eigenvalue weighted by Crippen LogP contribution is -2.15. The number of benzene rings is 2. The van der Waals surface area contributed by atoms with Crippen molar-refractivity contribution < 1.29 is 23.8 Å². The second-order valence-corrected chi connectivity index (χ2v) is 7.02. The molecule has 0 heterocycles. The molecule has 0 N–H and O–H groups in total. The Balaban J connectivity index is 1.68. The minimum absolute atomic E-state index is 0.198. The molecule has 2 aromatic rings. The molecule has 0 radical (unpaired) electrons. The van der Waals surface area contributed by atoms with E-state index in [0.29, 0.717) is 23.7 Å². The molecule has 0 fully saturated rings. The van der Waals surface area contributed by atoms with E-state index in [-0.39, 0.29) is 23.0 Å². The molecule has 0 bridgehead atoms. The fourth-order valence-electron chi connectivity index (χ4n) is 3.33. The van der Waals surface area contributed by atoms with E-state index in [9.17, 15) is 9.59 Å². The van der Waals surface area contributed by atoms with Crippen LogP contribution in [0.1, 0.15) is 51.6 Å². The first-order valence-corrected chi connectivity index (χ1v) is 9.73. The summed E-state index contributed by atoms with van der Waals surface area (Å²) in [6.07, 6.45) is 4.37. The number of methoxy groups -OCH3 is 1. The molecule has 1 aliphatic rings. The first-order valence-electron chi connectivity index (χ1n) is 9.36. The molecule has 0 amide bonds. The van der Waals surface area contributed by atoms with Crippen LogP contribution in [0, 0.1) is 0 Å². The molecular formula is C22H23ClO5. The molecule has 6 heteroatoms. The fourth-order valence-corrected chi connectivity index (χ4v) is 3.59. The Morgan fingerprint density at radius 2 is 1.79 bits per heavy atom. The highest BCUT2D eigenvalue weighted by atomic mass is 35.5. The molecule has 3 rings (SSSR count). The van der Waals surface area contributed by atoms with Crippen LogP contribution in [0.5, 0.6) is 11.5 Å². The van der Waals surface area contributed by atoms with Gasteiger partial charge in [0.25, 0.3) is 0 Å². The average molecular weight is 403 g/mol. The number of esters is 1. The summed E-state index contributed by atoms with van der Waals surface area (Å²) in [5, 5.41) is 0.245. The van der Waals surface area contributed by atoms with Gasteiger partial charge in [-0.15, -0.1) is 0 Å². The standard InChI is InChI=1S/C22H23ClO5/c1-3-27-21-18(23)11-17(12-20(21)26-2)22(25)28-13-19(24)16-9-8-14-6-4-5-7-15(14)10-16/h8-12H,3-7,13H2,1-2H3. The lowest BCUT2D eigenvalue weighted by Gasteiger charge is -2.16. The Morgan fingerprint density at radius 3 is 2.50 bits per heavy atom. The SMILES string of the molecule is CCOc1c(Cl)cc(C(=O)OCC(=O)c2ccc3c(c2)CCCC3)cc1OC. The van der Waals surface area contributed by atoms with Crippen LogP contribution < -0.4 is 9.47 Å². The zero-order valence-corrected chi connectivity index (χ0v) is 16.8. The van der Waals surface area contributed by atoms with Gasteiger partial charge in [-0.3, -0.25) is 4.79 Å². The third kappa shape index (κ3) is 4.47. The van der Waals surface area contributed by atoms with Crippen molar-refractivity contribution in [2.24, 2.45) is 0 Å². The van der Waals surface area contributed by atoms with Crippen LogP contribution in [0.3, 0.4) is 0 Å². The summed E-state index contributed by atoms with van der Waals surface area (Å²) >= 11 is 6.18. The van der Waals surface area contributed by atoms with Gasteiger partial charge in [-0.25, -0.2) is 4.79 Å². The fraction of sp³-hybridized carbons (Fsp3) is 0.364. The molecule has 0 atom stereocenters. The van der Waals surface area contributed by atoms with Crippen molar-refractivity contribution in [3.05, 3.63) is 57.6 Å². The van der Waals surface area contributed by atoms with Crippen molar-refractivity contribution in [2.75, 3.05) is 20.3 Å². The van der Waals surface area contributed by atoms with E-state index in [1.165, 1.54) is 36.8 Å². The highest BCUT2D eigenvalue weighted by Gasteiger charge is 2.19. The summed E-state index contributed by atoms with van der Waals surface area (Å²) in [5.74, 6) is -0.170. The first kappa shape index (κ1) is 20.2. The van der Waals surface area contributed by atoms with Crippen LogP contribution in [0.25, 0.3) is 0 Å². The Bertz CT molecular complexity index is 891. The summed E-state index contributed by atoms with van der Waals surface area (Å²) in [5.41, 5.74) is 3.28. The molecule has 0 saturated carbocycles. The van der Waals surface area contributed by atoms with E-state index in [2.05, 4.69) is 0 Å². The zero-order chi connectivity index (χ0) is 20.1. The molecule has 0 spiro atoms. The van der Waals surface area contributed by atoms with E-state index < -0.39 is 5.97 Å². The molecule has 0 aromatic heterocycles. The van der Waals surface area contributed by atoms with Crippen LogP contribution in [-0.4, -0.2) is 32.1 Å². The van der Waals surface area contributed by atoms with Crippen LogP contribution in [0.15, 0.2) is 30.3 Å². The highest BCUT2D eigenvalue weighted by Crippen LogP contribution is 2.36. The van der Waals surface area contributed by atoms with Gasteiger partial charge in [0.15, 0.2) is 23.9 Å². The number of aryl methyl sites for hydroxylation is 2. The number of Topliss-reactive ketones (excluding diaryl/α,β-unsaturated/α-hetero) is 1. The van der Waals surface area contributed by atoms with Gasteiger partial charge in [0.1, 0.15) is 0 Å². The number of fused-ring (bicyclic) bond motifs is 1. The maximum Gasteiger partial charge on any atom is 0.338 e. The number of hydrogen-bond acceptors (Lipinski definition) is 5. The second kappa shape index (κ2) is 9.11. The maximum atomic E-state index is 12.4. The van der Waals surface area contributed by atoms with Gasteiger partial charge < -0.3 is 14.2 Å². The van der Waals surface area contributed by atoms with E-state index in [0.717, 1.165) is 19.3 Å². The molecule has 148 valence electrons. The van der Waals surface area contributed by atoms with Crippen LogP contribution in [-0.2, 0) is 17.6 Å². The van der Waals surface area contributed by atoms with Crippen LogP contribution in [0.2, 0.25) is 5.02 Å². The van der Waals surface area contributed by atoms with Crippen molar-refractivity contribution in [1.29, 1.82) is 0 Å². The van der Waals surface area contributed by atoms with Gasteiger partial charge >= 0.3 is 5.97 Å². The quantitative estimate of drug-likeness (QED) is 0.497. The van der Waals surface area contributed by atoms with Crippen molar-refractivity contribution in [1.82, 2.24) is 0 Å². The summed E-state index contributed by atoms with van der Waals surface area (Å²) < 4.78 is 15.9. The lowest BCUT2D eigenvalue weighted by molar-refractivity contribution is 0.0474. The van der Waals surface area contributed by atoms with E-state index in [1.54, 1.807) is 6.07 Å². The van der Waals surface area contributed by atoms with Gasteiger partial charge in [-0.05, 0) is 61.9 Å². The van der Waals surface area contributed by atoms with Gasteiger partial charge in [0.2, 0.25) is 0 Å². The molecule has 0 saturated heterocycles. The normalized spacial score (nSPS) is 12.8. The summed E-state index contributed by atoms with van der Waals surface area (Å²) in [7, 11) is 1.46. The number of carbonyl (C=O) groups excluding carboxylic acids is 2. The third-order valence-corrected chi connectivity index (χ3v) is 5.04. The van der Waals surface area contributed by atoms with Crippen LogP contribution in [0.4, 0.5) is 0 Å². The third-order valence-electron chi connectivity index (χ3n) is 4.76. The van der Waals surface area contributed by atoms with E-state index in [4.69, 9.17) is 25.8 Å². The first-order chi connectivity index (χ1) is 13.5. The van der Waals surface area contributed by atoms with E-state index >= 15 is 0 Å². The van der Waals surface area contributed by atoms with Crippen molar-refractivity contribution in [3.63, 3.8) is 0 Å². The van der Waals surface area contributed by atoms with Gasteiger partial charge in [-0.1, -0.05) is 23.7 Å². The molecule has 0 unspecified atom stereocenters. The molecule has 1 aliphatic carbocycles. The monoisotopic (exact) mass is 402 g/mol. The van der Waals surface area contributed by atoms with Crippen LogP contribution >= 0.6 is 11.6 Å². The van der Waals surface area contributed by atoms with Gasteiger partial charge in [0, 0.05) is 5.56 Å². The summed E-state index contributed by atoms with van der Waals surface area (Å²) in [6.45, 7) is 1.91. The van der Waals surface area contributed by atoms with Gasteiger partial charge in [-0.2, -0.15) is 0 Å². The predicted molar refractivity (Wildman–Crippen MR) is 107 cm³/mol. The number of rotatable bonds is 7. The Hall–Kier alpha value is -2.53. The van der Waals surface area contributed by atoms with Crippen molar-refractivity contribution >= 4 is 23.4 Å². The Labute approximate surface area is 169 Å². The summed E-state index contributed by atoms with van der Waals surface area (Å²) in [6, 6.07) is 8.66. The Morgan fingerprint density at radius 1 is 1.04 bits per heavy atom. The number of halogens is 1. The number of ether oxygens (including phenoxy) is 3. The second-order valence-electron chi connectivity index (χ2n) is 6.61. The molecule has 28 heavy (non-hydrogen) atoms. The molecule has 5 nitrogen and oxygen atoms in total. The van der Waals surface area contributed by atoms with E-state index in [1.807, 2.05) is 19.1 Å². The van der Waals surface area contributed by atoms with Crippen molar-refractivity contribution in [3.8, 4) is 11.5 Å². The van der Waals surface area contributed by atoms with Gasteiger partial charge in [0.05, 0.1) is 24.3 Å². The topological polar surface area (TPSA) is 61.8 Å². The minimum atomic E-state index is -0.644.